The summed E-state index contributed by atoms with van der Waals surface area (Å²) in [6, 6.07) is 0. The molecule has 0 aromatic carbocycles. The summed E-state index contributed by atoms with van der Waals surface area (Å²) in [6.07, 6.45) is 29.7. The van der Waals surface area contributed by atoms with Crippen molar-refractivity contribution in [2.75, 3.05) is 13.2 Å². The first-order valence-electron chi connectivity index (χ1n) is 19.4. The molecule has 0 unspecified atom stereocenters. The van der Waals surface area contributed by atoms with Crippen LogP contribution in [0.2, 0.25) is 0 Å². The zero-order chi connectivity index (χ0) is 33.2. The molecule has 0 N–H and O–H groups in total. The van der Waals surface area contributed by atoms with Crippen molar-refractivity contribution in [2.45, 2.75) is 214 Å². The van der Waals surface area contributed by atoms with Crippen molar-refractivity contribution >= 4 is 17.9 Å². The fraction of sp³-hybridized carbons (Fsp3) is 0.923. The molecule has 0 aromatic rings. The third kappa shape index (κ3) is 33.6. The van der Waals surface area contributed by atoms with Crippen LogP contribution in [0.5, 0.6) is 0 Å². The number of rotatable bonds is 34. The molecule has 0 spiro atoms. The van der Waals surface area contributed by atoms with Crippen molar-refractivity contribution in [1.29, 1.82) is 0 Å². The minimum absolute atomic E-state index is 0.0662. The highest BCUT2D eigenvalue weighted by Crippen LogP contribution is 2.15. The molecule has 0 saturated carbocycles. The van der Waals surface area contributed by atoms with E-state index in [1.807, 2.05) is 0 Å². The first kappa shape index (κ1) is 43.4. The summed E-state index contributed by atoms with van der Waals surface area (Å²) in [5.74, 6) is -0.0743. The SMILES string of the molecule is CCCCCCCCCCCCC(=O)OC[C@@H](COC(=O)CCCCCCC)OC(=O)CCCCCCCCCCCC(C)C. The summed E-state index contributed by atoms with van der Waals surface area (Å²) in [5.41, 5.74) is 0. The van der Waals surface area contributed by atoms with Gasteiger partial charge in [-0.3, -0.25) is 14.4 Å². The molecule has 6 nitrogen and oxygen atoms in total. The van der Waals surface area contributed by atoms with Gasteiger partial charge in [0, 0.05) is 19.3 Å². The van der Waals surface area contributed by atoms with Crippen LogP contribution in [0.4, 0.5) is 0 Å². The quantitative estimate of drug-likeness (QED) is 0.0396. The maximum atomic E-state index is 12.6. The number of hydrogen-bond acceptors (Lipinski definition) is 6. The molecular weight excluding hydrogens is 564 g/mol. The van der Waals surface area contributed by atoms with Gasteiger partial charge in [-0.2, -0.15) is 0 Å². The first-order chi connectivity index (χ1) is 21.9. The second kappa shape index (κ2) is 33.8. The molecule has 0 aliphatic heterocycles. The average Bonchev–Trinajstić information content (AvgIpc) is 3.01. The van der Waals surface area contributed by atoms with E-state index in [-0.39, 0.29) is 31.1 Å². The van der Waals surface area contributed by atoms with Crippen LogP contribution in [-0.4, -0.2) is 37.2 Å². The average molecular weight is 639 g/mol. The number of unbranched alkanes of at least 4 members (excludes halogenated alkanes) is 21. The Hall–Kier alpha value is -1.59. The molecular formula is C39H74O6. The zero-order valence-electron chi connectivity index (χ0n) is 30.3. The highest BCUT2D eigenvalue weighted by molar-refractivity contribution is 5.71. The molecule has 1 atom stereocenters. The molecule has 0 amide bonds. The highest BCUT2D eigenvalue weighted by Gasteiger charge is 2.19. The Morgan fingerprint density at radius 2 is 0.733 bits per heavy atom. The van der Waals surface area contributed by atoms with Gasteiger partial charge >= 0.3 is 17.9 Å². The number of carbonyl (C=O) groups is 3. The molecule has 0 aliphatic rings. The van der Waals surface area contributed by atoms with Crippen LogP contribution in [-0.2, 0) is 28.6 Å². The molecule has 45 heavy (non-hydrogen) atoms. The van der Waals surface area contributed by atoms with E-state index >= 15 is 0 Å². The second-order valence-corrected chi connectivity index (χ2v) is 13.7. The van der Waals surface area contributed by atoms with Crippen molar-refractivity contribution in [3.8, 4) is 0 Å². The summed E-state index contributed by atoms with van der Waals surface area (Å²) in [4.78, 5) is 37.2. The van der Waals surface area contributed by atoms with Gasteiger partial charge in [0.05, 0.1) is 0 Å². The fourth-order valence-corrected chi connectivity index (χ4v) is 5.57. The van der Waals surface area contributed by atoms with Gasteiger partial charge in [0.15, 0.2) is 6.10 Å². The third-order valence-electron chi connectivity index (χ3n) is 8.54. The smallest absolute Gasteiger partial charge is 0.306 e. The minimum atomic E-state index is -0.756. The summed E-state index contributed by atoms with van der Waals surface area (Å²) in [6.45, 7) is 8.85. The number of carbonyl (C=O) groups excluding carboxylic acids is 3. The van der Waals surface area contributed by atoms with Gasteiger partial charge in [-0.15, -0.1) is 0 Å². The molecule has 0 bridgehead atoms. The lowest BCUT2D eigenvalue weighted by atomic mass is 10.0. The van der Waals surface area contributed by atoms with Gasteiger partial charge in [0.1, 0.15) is 13.2 Å². The lowest BCUT2D eigenvalue weighted by Crippen LogP contribution is -2.30. The summed E-state index contributed by atoms with van der Waals surface area (Å²) in [5, 5.41) is 0. The Balaban J connectivity index is 4.27. The molecule has 0 fully saturated rings. The van der Waals surface area contributed by atoms with Crippen molar-refractivity contribution in [3.05, 3.63) is 0 Å². The van der Waals surface area contributed by atoms with E-state index in [0.29, 0.717) is 19.3 Å². The molecule has 0 aromatic heterocycles. The lowest BCUT2D eigenvalue weighted by molar-refractivity contribution is -0.167. The summed E-state index contributed by atoms with van der Waals surface area (Å²) in [7, 11) is 0. The Labute approximate surface area is 278 Å². The van der Waals surface area contributed by atoms with Crippen molar-refractivity contribution < 1.29 is 28.6 Å². The largest absolute Gasteiger partial charge is 0.462 e. The molecule has 0 saturated heterocycles. The van der Waals surface area contributed by atoms with Gasteiger partial charge in [0.25, 0.3) is 0 Å². The monoisotopic (exact) mass is 639 g/mol. The van der Waals surface area contributed by atoms with E-state index in [1.54, 1.807) is 0 Å². The molecule has 0 radical (unpaired) electrons. The Bertz CT molecular complexity index is 676. The van der Waals surface area contributed by atoms with E-state index in [0.717, 1.165) is 70.1 Å². The summed E-state index contributed by atoms with van der Waals surface area (Å²) >= 11 is 0. The minimum Gasteiger partial charge on any atom is -0.462 e. The highest BCUT2D eigenvalue weighted by atomic mass is 16.6. The molecule has 266 valence electrons. The predicted molar refractivity (Wildman–Crippen MR) is 187 cm³/mol. The standard InChI is InChI=1S/C39H74O6/c1-5-7-9-11-12-13-16-19-23-27-31-38(41)44-34-36(33-43-37(40)30-26-21-10-8-6-2)45-39(42)32-28-24-20-17-14-15-18-22-25-29-35(3)4/h35-36H,5-34H2,1-4H3/t36-/m1/s1. The topological polar surface area (TPSA) is 78.9 Å². The van der Waals surface area contributed by atoms with Crippen molar-refractivity contribution in [3.63, 3.8) is 0 Å². The van der Waals surface area contributed by atoms with Gasteiger partial charge in [-0.05, 0) is 25.2 Å². The van der Waals surface area contributed by atoms with Crippen LogP contribution >= 0.6 is 0 Å². The number of hydrogen-bond donors (Lipinski definition) is 0. The second-order valence-electron chi connectivity index (χ2n) is 13.7. The van der Waals surface area contributed by atoms with E-state index in [9.17, 15) is 14.4 Å². The van der Waals surface area contributed by atoms with Crippen LogP contribution in [0.15, 0.2) is 0 Å². The fourth-order valence-electron chi connectivity index (χ4n) is 5.57. The lowest BCUT2D eigenvalue weighted by Gasteiger charge is -2.18. The van der Waals surface area contributed by atoms with E-state index in [4.69, 9.17) is 14.2 Å². The van der Waals surface area contributed by atoms with E-state index in [2.05, 4.69) is 27.7 Å². The Morgan fingerprint density at radius 3 is 1.09 bits per heavy atom. The van der Waals surface area contributed by atoms with Gasteiger partial charge < -0.3 is 14.2 Å². The molecule has 0 rings (SSSR count). The van der Waals surface area contributed by atoms with Crippen LogP contribution in [0.1, 0.15) is 207 Å². The maximum absolute atomic E-state index is 12.6. The van der Waals surface area contributed by atoms with Crippen molar-refractivity contribution in [2.24, 2.45) is 5.92 Å². The third-order valence-corrected chi connectivity index (χ3v) is 8.54. The zero-order valence-corrected chi connectivity index (χ0v) is 30.3. The maximum Gasteiger partial charge on any atom is 0.306 e. The van der Waals surface area contributed by atoms with E-state index < -0.39 is 6.10 Å². The Morgan fingerprint density at radius 1 is 0.422 bits per heavy atom. The van der Waals surface area contributed by atoms with Crippen molar-refractivity contribution in [1.82, 2.24) is 0 Å². The molecule has 0 heterocycles. The van der Waals surface area contributed by atoms with Crippen LogP contribution in [0, 0.1) is 5.92 Å². The number of esters is 3. The van der Waals surface area contributed by atoms with Gasteiger partial charge in [-0.1, -0.05) is 169 Å². The van der Waals surface area contributed by atoms with E-state index in [1.165, 1.54) is 96.3 Å². The first-order valence-corrected chi connectivity index (χ1v) is 19.4. The van der Waals surface area contributed by atoms with Crippen LogP contribution in [0.3, 0.4) is 0 Å². The Kier molecular flexibility index (Phi) is 32.6. The van der Waals surface area contributed by atoms with Gasteiger partial charge in [-0.25, -0.2) is 0 Å². The normalized spacial score (nSPS) is 11.9. The van der Waals surface area contributed by atoms with Crippen LogP contribution < -0.4 is 0 Å². The molecule has 6 heteroatoms. The number of ether oxygens (including phenoxy) is 3. The molecule has 0 aliphatic carbocycles. The van der Waals surface area contributed by atoms with Crippen LogP contribution in [0.25, 0.3) is 0 Å². The predicted octanol–water partition coefficient (Wildman–Crippen LogP) is 11.6. The summed E-state index contributed by atoms with van der Waals surface area (Å²) < 4.78 is 16.5. The van der Waals surface area contributed by atoms with Gasteiger partial charge in [0.2, 0.25) is 0 Å².